The van der Waals surface area contributed by atoms with Gasteiger partial charge in [0.1, 0.15) is 5.75 Å². The first-order chi connectivity index (χ1) is 12.3. The molecule has 0 N–H and O–H groups in total. The van der Waals surface area contributed by atoms with Gasteiger partial charge in [-0.25, -0.2) is 0 Å². The summed E-state index contributed by atoms with van der Waals surface area (Å²) in [7, 11) is 1.52. The molecule has 26 heavy (non-hydrogen) atoms. The van der Waals surface area contributed by atoms with E-state index in [1.807, 2.05) is 0 Å². The second kappa shape index (κ2) is 6.70. The Morgan fingerprint density at radius 1 is 1.12 bits per heavy atom. The normalized spacial score (nSPS) is 11.6. The predicted octanol–water partition coefficient (Wildman–Crippen LogP) is 3.64. The molecule has 0 bridgehead atoms. The smallest absolute Gasteiger partial charge is 0.422 e. The third-order valence-corrected chi connectivity index (χ3v) is 3.72. The van der Waals surface area contributed by atoms with Crippen LogP contribution < -0.4 is 15.0 Å². The number of hydrogen-bond acceptors (Lipinski definition) is 4. The molecule has 2 heterocycles. The molecule has 0 saturated heterocycles. The van der Waals surface area contributed by atoms with Gasteiger partial charge >= 0.3 is 6.18 Å². The number of aryl methyl sites for hydroxylation is 1. The summed E-state index contributed by atoms with van der Waals surface area (Å²) in [5, 5.41) is 0.609. The largest absolute Gasteiger partial charge is 0.497 e. The number of hydrogen-bond donors (Lipinski definition) is 0. The van der Waals surface area contributed by atoms with Crippen LogP contribution in [0.2, 0.25) is 0 Å². The molecule has 8 heteroatoms. The van der Waals surface area contributed by atoms with Crippen LogP contribution in [0.5, 0.6) is 11.6 Å². The van der Waals surface area contributed by atoms with Gasteiger partial charge in [-0.1, -0.05) is 0 Å². The second-order valence-electron chi connectivity index (χ2n) is 5.63. The number of nitrogens with zero attached hydrogens (tertiary/aromatic N) is 2. The third kappa shape index (κ3) is 3.63. The van der Waals surface area contributed by atoms with Crippen molar-refractivity contribution in [3.63, 3.8) is 0 Å². The van der Waals surface area contributed by atoms with Crippen molar-refractivity contribution in [1.82, 2.24) is 9.55 Å². The zero-order valence-electron chi connectivity index (χ0n) is 14.0. The number of halogens is 3. The minimum Gasteiger partial charge on any atom is -0.497 e. The van der Waals surface area contributed by atoms with Gasteiger partial charge in [-0.15, -0.1) is 0 Å². The standard InChI is InChI=1S/C18H15F3N2O3/c1-11-9-12-3-8-15(26-10-18(19,20)21)22-16(12)23(17(11)24)13-4-6-14(25-2)7-5-13/h3-9H,10H2,1-2H3. The van der Waals surface area contributed by atoms with Crippen molar-refractivity contribution in [2.75, 3.05) is 13.7 Å². The van der Waals surface area contributed by atoms with E-state index >= 15 is 0 Å². The zero-order chi connectivity index (χ0) is 18.9. The van der Waals surface area contributed by atoms with Crippen LogP contribution in [0.3, 0.4) is 0 Å². The van der Waals surface area contributed by atoms with Crippen LogP contribution in [0, 0.1) is 6.92 Å². The molecular weight excluding hydrogens is 349 g/mol. The van der Waals surface area contributed by atoms with Crippen molar-refractivity contribution in [3.05, 3.63) is 58.4 Å². The molecule has 1 aromatic carbocycles. The summed E-state index contributed by atoms with van der Waals surface area (Å²) in [6.07, 6.45) is -4.47. The van der Waals surface area contributed by atoms with E-state index in [0.29, 0.717) is 22.4 Å². The lowest BCUT2D eigenvalue weighted by Gasteiger charge is -2.13. The van der Waals surface area contributed by atoms with E-state index in [1.165, 1.54) is 17.7 Å². The monoisotopic (exact) mass is 364 g/mol. The van der Waals surface area contributed by atoms with Gasteiger partial charge < -0.3 is 9.47 Å². The molecule has 0 amide bonds. The molecule has 0 aliphatic rings. The van der Waals surface area contributed by atoms with E-state index in [9.17, 15) is 18.0 Å². The summed E-state index contributed by atoms with van der Waals surface area (Å²) in [6.45, 7) is 0.208. The fraction of sp³-hybridized carbons (Fsp3) is 0.222. The molecular formula is C18H15F3N2O3. The first-order valence-corrected chi connectivity index (χ1v) is 7.66. The Bertz CT molecular complexity index is 995. The lowest BCUT2D eigenvalue weighted by Crippen LogP contribution is -2.22. The van der Waals surface area contributed by atoms with E-state index in [0.717, 1.165) is 0 Å². The van der Waals surface area contributed by atoms with E-state index in [1.54, 1.807) is 43.3 Å². The molecule has 0 atom stereocenters. The Kier molecular flexibility index (Phi) is 4.58. The molecule has 0 saturated carbocycles. The molecule has 5 nitrogen and oxygen atoms in total. The minimum atomic E-state index is -4.47. The van der Waals surface area contributed by atoms with Crippen LogP contribution >= 0.6 is 0 Å². The average Bonchev–Trinajstić information content (AvgIpc) is 2.61. The first-order valence-electron chi connectivity index (χ1n) is 7.66. The van der Waals surface area contributed by atoms with Gasteiger partial charge in [0.2, 0.25) is 5.88 Å². The van der Waals surface area contributed by atoms with Crippen molar-refractivity contribution in [2.24, 2.45) is 0 Å². The Balaban J connectivity index is 2.15. The van der Waals surface area contributed by atoms with Crippen molar-refractivity contribution >= 4 is 11.0 Å². The van der Waals surface area contributed by atoms with Crippen LogP contribution in [0.4, 0.5) is 13.2 Å². The predicted molar refractivity (Wildman–Crippen MR) is 90.2 cm³/mol. The SMILES string of the molecule is COc1ccc(-n2c(=O)c(C)cc3ccc(OCC(F)(F)F)nc32)cc1. The highest BCUT2D eigenvalue weighted by atomic mass is 19.4. The highest BCUT2D eigenvalue weighted by Crippen LogP contribution is 2.22. The van der Waals surface area contributed by atoms with E-state index < -0.39 is 12.8 Å². The number of aromatic nitrogens is 2. The lowest BCUT2D eigenvalue weighted by atomic mass is 10.2. The molecule has 3 aromatic rings. The Morgan fingerprint density at radius 3 is 2.42 bits per heavy atom. The molecule has 0 fully saturated rings. The molecule has 0 aliphatic carbocycles. The average molecular weight is 364 g/mol. The Morgan fingerprint density at radius 2 is 1.81 bits per heavy atom. The summed E-state index contributed by atoms with van der Waals surface area (Å²) in [6, 6.07) is 11.3. The molecule has 0 radical (unpaired) electrons. The number of benzene rings is 1. The summed E-state index contributed by atoms with van der Waals surface area (Å²) in [5.41, 5.74) is 0.901. The van der Waals surface area contributed by atoms with Crippen molar-refractivity contribution < 1.29 is 22.6 Å². The van der Waals surface area contributed by atoms with Gasteiger partial charge in [-0.2, -0.15) is 18.2 Å². The maximum Gasteiger partial charge on any atom is 0.422 e. The zero-order valence-corrected chi connectivity index (χ0v) is 14.0. The minimum absolute atomic E-state index is 0.208. The Labute approximate surface area is 146 Å². The molecule has 0 aliphatic heterocycles. The third-order valence-electron chi connectivity index (χ3n) is 3.72. The Hall–Kier alpha value is -3.03. The van der Waals surface area contributed by atoms with Gasteiger partial charge in [0.15, 0.2) is 12.3 Å². The molecule has 2 aromatic heterocycles. The van der Waals surface area contributed by atoms with Crippen LogP contribution in [0.25, 0.3) is 16.7 Å². The quantitative estimate of drug-likeness (QED) is 0.709. The van der Waals surface area contributed by atoms with Crippen LogP contribution in [0.1, 0.15) is 5.56 Å². The van der Waals surface area contributed by atoms with Gasteiger partial charge in [0.05, 0.1) is 12.8 Å². The number of ether oxygens (including phenoxy) is 2. The maximum atomic E-state index is 12.6. The van der Waals surface area contributed by atoms with Crippen LogP contribution in [-0.2, 0) is 0 Å². The number of fused-ring (bicyclic) bond motifs is 1. The molecule has 3 rings (SSSR count). The molecule has 136 valence electrons. The van der Waals surface area contributed by atoms with Gasteiger partial charge in [-0.05, 0) is 43.3 Å². The highest BCUT2D eigenvalue weighted by molar-refractivity contribution is 5.78. The topological polar surface area (TPSA) is 53.4 Å². The summed E-state index contributed by atoms with van der Waals surface area (Å²) in [5.74, 6) is 0.404. The number of methoxy groups -OCH3 is 1. The van der Waals surface area contributed by atoms with Crippen molar-refractivity contribution in [1.29, 1.82) is 0 Å². The van der Waals surface area contributed by atoms with Gasteiger partial charge in [0.25, 0.3) is 5.56 Å². The maximum absolute atomic E-state index is 12.6. The van der Waals surface area contributed by atoms with E-state index in [-0.39, 0.29) is 17.1 Å². The van der Waals surface area contributed by atoms with Crippen molar-refractivity contribution in [3.8, 4) is 17.3 Å². The summed E-state index contributed by atoms with van der Waals surface area (Å²) < 4.78 is 48.2. The van der Waals surface area contributed by atoms with E-state index in [2.05, 4.69) is 4.98 Å². The molecule has 0 unspecified atom stereocenters. The van der Waals surface area contributed by atoms with E-state index in [4.69, 9.17) is 9.47 Å². The number of pyridine rings is 2. The van der Waals surface area contributed by atoms with Crippen molar-refractivity contribution in [2.45, 2.75) is 13.1 Å². The summed E-state index contributed by atoms with van der Waals surface area (Å²) >= 11 is 0. The fourth-order valence-electron chi connectivity index (χ4n) is 2.51. The first kappa shape index (κ1) is 17.8. The van der Waals surface area contributed by atoms with Gasteiger partial charge in [0, 0.05) is 17.0 Å². The lowest BCUT2D eigenvalue weighted by molar-refractivity contribution is -0.154. The fourth-order valence-corrected chi connectivity index (χ4v) is 2.51. The van der Waals surface area contributed by atoms with Gasteiger partial charge in [-0.3, -0.25) is 9.36 Å². The van der Waals surface area contributed by atoms with Crippen LogP contribution in [0.15, 0.2) is 47.3 Å². The second-order valence-corrected chi connectivity index (χ2v) is 5.63. The highest BCUT2D eigenvalue weighted by Gasteiger charge is 2.28. The summed E-state index contributed by atoms with van der Waals surface area (Å²) in [4.78, 5) is 16.7. The molecule has 0 spiro atoms. The number of rotatable bonds is 4. The van der Waals surface area contributed by atoms with Crippen LogP contribution in [-0.4, -0.2) is 29.4 Å². The number of alkyl halides is 3.